The van der Waals surface area contributed by atoms with Crippen LogP contribution in [0.25, 0.3) is 0 Å². The standard InChI is InChI=1S/C25H35BN2O4/c1-15(2)11-22(26-30-21-13-17-12-20(24(17,3)4)25(21,5)32-26)27-23(29)19-14-18(28-31-19)16-9-7-6-8-10-16/h6-10,15,17,19-22H,11-14H2,1-5H3,(H,27,29)/t17-,19?,20-,21+,22?,25-/m0/s1. The van der Waals surface area contributed by atoms with Gasteiger partial charge in [0.15, 0.2) is 0 Å². The van der Waals surface area contributed by atoms with Gasteiger partial charge in [-0.2, -0.15) is 0 Å². The summed E-state index contributed by atoms with van der Waals surface area (Å²) in [5.74, 6) is 1.23. The number of amides is 1. The molecule has 5 aliphatic rings. The second kappa shape index (κ2) is 7.87. The lowest BCUT2D eigenvalue weighted by molar-refractivity contribution is -0.199. The van der Waals surface area contributed by atoms with Crippen LogP contribution in [-0.2, 0) is 18.9 Å². The van der Waals surface area contributed by atoms with Gasteiger partial charge in [-0.1, -0.05) is 63.2 Å². The van der Waals surface area contributed by atoms with Crippen molar-refractivity contribution >= 4 is 18.7 Å². The molecule has 1 aromatic rings. The van der Waals surface area contributed by atoms with E-state index in [2.05, 4.69) is 45.1 Å². The van der Waals surface area contributed by atoms with E-state index in [4.69, 9.17) is 14.1 Å². The Morgan fingerprint density at radius 2 is 1.97 bits per heavy atom. The van der Waals surface area contributed by atoms with Gasteiger partial charge in [0.1, 0.15) is 0 Å². The maximum Gasteiger partial charge on any atom is 0.481 e. The second-order valence-corrected chi connectivity index (χ2v) is 11.3. The minimum absolute atomic E-state index is 0.103. The van der Waals surface area contributed by atoms with Crippen LogP contribution in [0.5, 0.6) is 0 Å². The molecule has 6 atom stereocenters. The van der Waals surface area contributed by atoms with E-state index in [0.29, 0.717) is 29.6 Å². The molecule has 32 heavy (non-hydrogen) atoms. The highest BCUT2D eigenvalue weighted by Gasteiger charge is 2.68. The van der Waals surface area contributed by atoms with Crippen LogP contribution in [0.1, 0.15) is 65.9 Å². The highest BCUT2D eigenvalue weighted by molar-refractivity contribution is 6.48. The zero-order chi connectivity index (χ0) is 22.7. The Labute approximate surface area is 191 Å². The molecule has 1 amide bonds. The van der Waals surface area contributed by atoms with Crippen LogP contribution in [0, 0.1) is 23.2 Å². The average molecular weight is 438 g/mol. The van der Waals surface area contributed by atoms with Gasteiger partial charge in [0.2, 0.25) is 6.10 Å². The number of nitrogens with one attached hydrogen (secondary N) is 1. The van der Waals surface area contributed by atoms with Gasteiger partial charge in [0.05, 0.1) is 23.4 Å². The van der Waals surface area contributed by atoms with Crippen molar-refractivity contribution in [1.29, 1.82) is 0 Å². The highest BCUT2D eigenvalue weighted by atomic mass is 16.7. The van der Waals surface area contributed by atoms with E-state index >= 15 is 0 Å². The van der Waals surface area contributed by atoms with Gasteiger partial charge >= 0.3 is 7.12 Å². The Balaban J connectivity index is 1.26. The van der Waals surface area contributed by atoms with Crippen molar-refractivity contribution in [2.75, 3.05) is 0 Å². The van der Waals surface area contributed by atoms with Crippen LogP contribution < -0.4 is 5.32 Å². The quantitative estimate of drug-likeness (QED) is 0.683. The van der Waals surface area contributed by atoms with E-state index in [1.807, 2.05) is 30.3 Å². The molecule has 2 heterocycles. The fourth-order valence-corrected chi connectivity index (χ4v) is 6.41. The van der Waals surface area contributed by atoms with Crippen LogP contribution in [0.4, 0.5) is 0 Å². The molecule has 1 aromatic carbocycles. The summed E-state index contributed by atoms with van der Waals surface area (Å²) in [6.45, 7) is 11.3. The van der Waals surface area contributed by atoms with E-state index < -0.39 is 13.2 Å². The molecule has 3 saturated carbocycles. The summed E-state index contributed by atoms with van der Waals surface area (Å²) in [6, 6.07) is 9.86. The molecular formula is C25H35BN2O4. The number of carbonyl (C=O) groups is 1. The topological polar surface area (TPSA) is 69.2 Å². The molecule has 0 radical (unpaired) electrons. The van der Waals surface area contributed by atoms with Crippen LogP contribution >= 0.6 is 0 Å². The Kier molecular flexibility index (Phi) is 5.40. The summed E-state index contributed by atoms with van der Waals surface area (Å²) >= 11 is 0. The minimum atomic E-state index is -0.620. The molecule has 4 fully saturated rings. The molecule has 3 aliphatic carbocycles. The predicted octanol–water partition coefficient (Wildman–Crippen LogP) is 3.98. The molecule has 2 unspecified atom stereocenters. The van der Waals surface area contributed by atoms with E-state index in [0.717, 1.165) is 24.1 Å². The third-order valence-corrected chi connectivity index (χ3v) is 8.42. The number of nitrogens with zero attached hydrogens (tertiary/aromatic N) is 1. The summed E-state index contributed by atoms with van der Waals surface area (Å²) in [5.41, 5.74) is 1.81. The van der Waals surface area contributed by atoms with Gasteiger partial charge in [0.25, 0.3) is 5.91 Å². The lowest BCUT2D eigenvalue weighted by Gasteiger charge is -2.64. The molecule has 172 valence electrons. The molecule has 1 N–H and O–H groups in total. The first-order valence-corrected chi connectivity index (χ1v) is 12.1. The van der Waals surface area contributed by atoms with Gasteiger partial charge < -0.3 is 19.5 Å². The van der Waals surface area contributed by atoms with E-state index in [1.165, 1.54) is 6.42 Å². The summed E-state index contributed by atoms with van der Waals surface area (Å²) in [6.07, 6.45) is 2.99. The highest BCUT2D eigenvalue weighted by Crippen LogP contribution is 2.65. The van der Waals surface area contributed by atoms with Crippen LogP contribution in [0.15, 0.2) is 35.5 Å². The summed E-state index contributed by atoms with van der Waals surface area (Å²) < 4.78 is 13.1. The van der Waals surface area contributed by atoms with E-state index in [-0.39, 0.29) is 23.6 Å². The van der Waals surface area contributed by atoms with Crippen LogP contribution in [0.3, 0.4) is 0 Å². The summed E-state index contributed by atoms with van der Waals surface area (Å²) in [4.78, 5) is 18.6. The molecular weight excluding hydrogens is 403 g/mol. The number of benzene rings is 1. The third-order valence-electron chi connectivity index (χ3n) is 8.42. The molecule has 6 nitrogen and oxygen atoms in total. The smallest absolute Gasteiger partial charge is 0.404 e. The first-order valence-electron chi connectivity index (χ1n) is 12.1. The van der Waals surface area contributed by atoms with Crippen LogP contribution in [0.2, 0.25) is 0 Å². The predicted molar refractivity (Wildman–Crippen MR) is 124 cm³/mol. The first kappa shape index (κ1) is 22.0. The normalized spacial score (nSPS) is 35.6. The number of carbonyl (C=O) groups excluding carboxylic acids is 1. The molecule has 2 bridgehead atoms. The fraction of sp³-hybridized carbons (Fsp3) is 0.680. The monoisotopic (exact) mass is 438 g/mol. The van der Waals surface area contributed by atoms with Gasteiger partial charge in [-0.3, -0.25) is 4.79 Å². The molecule has 7 heteroatoms. The van der Waals surface area contributed by atoms with Crippen molar-refractivity contribution in [2.45, 2.75) is 84.1 Å². The Hall–Kier alpha value is -1.86. The van der Waals surface area contributed by atoms with Crippen molar-refractivity contribution in [1.82, 2.24) is 5.32 Å². The van der Waals surface area contributed by atoms with Crippen molar-refractivity contribution in [3.05, 3.63) is 35.9 Å². The molecule has 2 aliphatic heterocycles. The first-order chi connectivity index (χ1) is 15.2. The summed E-state index contributed by atoms with van der Waals surface area (Å²) in [7, 11) is -0.428. The number of oxime groups is 1. The number of hydrogen-bond acceptors (Lipinski definition) is 5. The Bertz CT molecular complexity index is 904. The van der Waals surface area contributed by atoms with Crippen LogP contribution in [-0.4, -0.2) is 42.5 Å². The Morgan fingerprint density at radius 1 is 1.22 bits per heavy atom. The molecule has 0 aromatic heterocycles. The SMILES string of the molecule is CC(C)CC(NC(=O)C1CC(c2ccccc2)=NO1)B1O[C@@H]2C[C@@H]3C[C@@H](C3(C)C)[C@]2(C)O1. The summed E-state index contributed by atoms with van der Waals surface area (Å²) in [5, 5.41) is 7.36. The van der Waals surface area contributed by atoms with E-state index in [9.17, 15) is 4.79 Å². The molecule has 0 spiro atoms. The zero-order valence-electron chi connectivity index (χ0n) is 19.8. The number of rotatable bonds is 6. The largest absolute Gasteiger partial charge is 0.481 e. The lowest BCUT2D eigenvalue weighted by atomic mass is 9.43. The maximum absolute atomic E-state index is 13.1. The van der Waals surface area contributed by atoms with Gasteiger partial charge in [-0.05, 0) is 54.9 Å². The lowest BCUT2D eigenvalue weighted by Crippen LogP contribution is -2.65. The zero-order valence-corrected chi connectivity index (χ0v) is 19.8. The molecule has 1 saturated heterocycles. The average Bonchev–Trinajstić information content (AvgIpc) is 3.37. The van der Waals surface area contributed by atoms with Gasteiger partial charge in [0, 0.05) is 6.42 Å². The van der Waals surface area contributed by atoms with Gasteiger partial charge in [-0.15, -0.1) is 0 Å². The minimum Gasteiger partial charge on any atom is -0.404 e. The fourth-order valence-electron chi connectivity index (χ4n) is 6.41. The van der Waals surface area contributed by atoms with Crippen molar-refractivity contribution < 1.29 is 18.9 Å². The second-order valence-electron chi connectivity index (χ2n) is 11.3. The van der Waals surface area contributed by atoms with E-state index in [1.54, 1.807) is 0 Å². The maximum atomic E-state index is 13.1. The molecule has 6 rings (SSSR count). The van der Waals surface area contributed by atoms with Crippen molar-refractivity contribution in [3.63, 3.8) is 0 Å². The third kappa shape index (κ3) is 3.58. The van der Waals surface area contributed by atoms with Crippen molar-refractivity contribution in [2.24, 2.45) is 28.3 Å². The Morgan fingerprint density at radius 3 is 2.66 bits per heavy atom. The van der Waals surface area contributed by atoms with Gasteiger partial charge in [-0.25, -0.2) is 0 Å². The number of hydrogen-bond donors (Lipinski definition) is 1. The van der Waals surface area contributed by atoms with Crippen molar-refractivity contribution in [3.8, 4) is 0 Å².